The summed E-state index contributed by atoms with van der Waals surface area (Å²) in [7, 11) is 0. The third kappa shape index (κ3) is 2.37. The lowest BCUT2D eigenvalue weighted by molar-refractivity contribution is -0.118. The van der Waals surface area contributed by atoms with Crippen molar-refractivity contribution in [3.05, 3.63) is 53.6 Å². The molecule has 1 fully saturated rings. The Labute approximate surface area is 111 Å². The van der Waals surface area contributed by atoms with Crippen LogP contribution in [-0.2, 0) is 11.3 Å². The highest BCUT2D eigenvalue weighted by atomic mass is 16.2. The Balaban J connectivity index is 1.83. The van der Waals surface area contributed by atoms with E-state index in [0.29, 0.717) is 6.54 Å². The van der Waals surface area contributed by atoms with Gasteiger partial charge in [-0.1, -0.05) is 30.3 Å². The molecule has 2 heterocycles. The average Bonchev–Trinajstić information content (AvgIpc) is 2.97. The van der Waals surface area contributed by atoms with E-state index < -0.39 is 0 Å². The highest BCUT2D eigenvalue weighted by molar-refractivity contribution is 5.80. The molecule has 5 nitrogen and oxygen atoms in total. The number of hydrogen-bond donors (Lipinski definition) is 2. The van der Waals surface area contributed by atoms with Gasteiger partial charge in [-0.2, -0.15) is 0 Å². The number of benzene rings is 1. The van der Waals surface area contributed by atoms with E-state index in [4.69, 9.17) is 0 Å². The highest BCUT2D eigenvalue weighted by Gasteiger charge is 2.33. The van der Waals surface area contributed by atoms with E-state index in [-0.39, 0.29) is 12.1 Å². The lowest BCUT2D eigenvalue weighted by Gasteiger charge is -2.22. The minimum Gasteiger partial charge on any atom is -0.348 e. The van der Waals surface area contributed by atoms with Crippen molar-refractivity contribution in [2.75, 3.05) is 6.54 Å². The second-order valence-corrected chi connectivity index (χ2v) is 4.77. The summed E-state index contributed by atoms with van der Waals surface area (Å²) >= 11 is 0. The minimum absolute atomic E-state index is 0.0448. The molecule has 3 rings (SSSR count). The van der Waals surface area contributed by atoms with Gasteiger partial charge in [0.05, 0.1) is 18.6 Å². The maximum atomic E-state index is 11.7. The number of nitrogens with zero attached hydrogens (tertiary/aromatic N) is 2. The number of rotatable bonds is 3. The average molecular weight is 256 g/mol. The van der Waals surface area contributed by atoms with Gasteiger partial charge in [0.15, 0.2) is 0 Å². The second-order valence-electron chi connectivity index (χ2n) is 4.77. The Morgan fingerprint density at radius 1 is 1.37 bits per heavy atom. The molecule has 1 aromatic heterocycles. The molecule has 19 heavy (non-hydrogen) atoms. The van der Waals surface area contributed by atoms with Crippen LogP contribution < -0.4 is 5.32 Å². The van der Waals surface area contributed by atoms with Gasteiger partial charge in [0.1, 0.15) is 6.17 Å². The van der Waals surface area contributed by atoms with Crippen LogP contribution in [0.3, 0.4) is 0 Å². The Bertz CT molecular complexity index is 578. The van der Waals surface area contributed by atoms with E-state index in [1.54, 1.807) is 6.33 Å². The topological polar surface area (TPSA) is 61.0 Å². The fraction of sp³-hybridized carbons (Fsp3) is 0.286. The number of imidazole rings is 1. The summed E-state index contributed by atoms with van der Waals surface area (Å²) in [6, 6.07) is 10.1. The van der Waals surface area contributed by atoms with Crippen LogP contribution in [0, 0.1) is 6.92 Å². The molecule has 0 radical (unpaired) electrons. The smallest absolute Gasteiger partial charge is 0.235 e. The first kappa shape index (κ1) is 11.9. The van der Waals surface area contributed by atoms with Crippen LogP contribution in [-0.4, -0.2) is 27.3 Å². The largest absolute Gasteiger partial charge is 0.348 e. The van der Waals surface area contributed by atoms with Crippen molar-refractivity contribution in [2.45, 2.75) is 19.6 Å². The molecule has 1 amide bonds. The molecule has 5 heteroatoms. The molecule has 1 aliphatic heterocycles. The van der Waals surface area contributed by atoms with Crippen LogP contribution in [0.15, 0.2) is 36.7 Å². The molecule has 0 bridgehead atoms. The number of nitrogens with one attached hydrogen (secondary N) is 2. The van der Waals surface area contributed by atoms with Gasteiger partial charge >= 0.3 is 0 Å². The van der Waals surface area contributed by atoms with E-state index in [2.05, 4.69) is 32.3 Å². The first-order valence-electron chi connectivity index (χ1n) is 6.31. The summed E-state index contributed by atoms with van der Waals surface area (Å²) in [5.41, 5.74) is 3.07. The molecule has 1 aromatic carbocycles. The molecule has 0 saturated carbocycles. The van der Waals surface area contributed by atoms with Gasteiger partial charge in [-0.05, 0) is 12.5 Å². The van der Waals surface area contributed by atoms with E-state index >= 15 is 0 Å². The Morgan fingerprint density at radius 3 is 2.84 bits per heavy atom. The van der Waals surface area contributed by atoms with Crippen LogP contribution in [0.25, 0.3) is 0 Å². The Hall–Kier alpha value is -2.14. The number of H-pyrrole nitrogens is 1. The van der Waals surface area contributed by atoms with Crippen LogP contribution in [0.2, 0.25) is 0 Å². The molecule has 0 spiro atoms. The number of hydrogen-bond acceptors (Lipinski definition) is 3. The van der Waals surface area contributed by atoms with Gasteiger partial charge in [0.2, 0.25) is 5.91 Å². The van der Waals surface area contributed by atoms with Crippen LogP contribution in [0.1, 0.15) is 23.1 Å². The summed E-state index contributed by atoms with van der Waals surface area (Å²) in [5.74, 6) is 0.0448. The molecular formula is C14H16N4O. The zero-order chi connectivity index (χ0) is 13.2. The van der Waals surface area contributed by atoms with E-state index in [1.165, 1.54) is 5.56 Å². The van der Waals surface area contributed by atoms with Crippen molar-refractivity contribution in [3.63, 3.8) is 0 Å². The SMILES string of the molecule is Cc1[nH]cnc1[C@H]1NC(=O)CN1Cc1ccccc1. The van der Waals surface area contributed by atoms with Crippen LogP contribution >= 0.6 is 0 Å². The molecule has 1 aliphatic rings. The number of aryl methyl sites for hydroxylation is 1. The summed E-state index contributed by atoms with van der Waals surface area (Å²) < 4.78 is 0. The standard InChI is InChI=1S/C14H16N4O/c1-10-13(16-9-15-10)14-17-12(19)8-18(14)7-11-5-3-2-4-6-11/h2-6,9,14H,7-8H2,1H3,(H,15,16)(H,17,19)/t14-/m0/s1. The van der Waals surface area contributed by atoms with Crippen molar-refractivity contribution in [2.24, 2.45) is 0 Å². The number of amides is 1. The molecular weight excluding hydrogens is 240 g/mol. The van der Waals surface area contributed by atoms with Crippen LogP contribution in [0.4, 0.5) is 0 Å². The van der Waals surface area contributed by atoms with Gasteiger partial charge < -0.3 is 10.3 Å². The van der Waals surface area contributed by atoms with Crippen molar-refractivity contribution >= 4 is 5.91 Å². The quantitative estimate of drug-likeness (QED) is 0.871. The molecule has 1 saturated heterocycles. The van der Waals surface area contributed by atoms with Gasteiger partial charge in [-0.15, -0.1) is 0 Å². The van der Waals surface area contributed by atoms with Crippen molar-refractivity contribution in [1.29, 1.82) is 0 Å². The summed E-state index contributed by atoms with van der Waals surface area (Å²) in [4.78, 5) is 21.1. The number of aromatic amines is 1. The van der Waals surface area contributed by atoms with Crippen LogP contribution in [0.5, 0.6) is 0 Å². The normalized spacial score (nSPS) is 19.6. The minimum atomic E-state index is -0.140. The molecule has 0 aliphatic carbocycles. The van der Waals surface area contributed by atoms with Crippen molar-refractivity contribution in [3.8, 4) is 0 Å². The first-order valence-corrected chi connectivity index (χ1v) is 6.31. The lowest BCUT2D eigenvalue weighted by atomic mass is 10.2. The summed E-state index contributed by atoms with van der Waals surface area (Å²) in [6.45, 7) is 3.11. The highest BCUT2D eigenvalue weighted by Crippen LogP contribution is 2.24. The molecule has 1 atom stereocenters. The molecule has 2 aromatic rings. The number of carbonyl (C=O) groups excluding carboxylic acids is 1. The molecule has 0 unspecified atom stereocenters. The fourth-order valence-corrected chi connectivity index (χ4v) is 2.42. The van der Waals surface area contributed by atoms with Crippen molar-refractivity contribution in [1.82, 2.24) is 20.2 Å². The first-order chi connectivity index (χ1) is 9.24. The predicted octanol–water partition coefficient (Wildman–Crippen LogP) is 1.35. The number of carbonyl (C=O) groups is 1. The Kier molecular flexibility index (Phi) is 3.05. The van der Waals surface area contributed by atoms with E-state index in [1.807, 2.05) is 25.1 Å². The van der Waals surface area contributed by atoms with Crippen molar-refractivity contribution < 1.29 is 4.79 Å². The second kappa shape index (κ2) is 4.85. The predicted molar refractivity (Wildman–Crippen MR) is 71.1 cm³/mol. The monoisotopic (exact) mass is 256 g/mol. The number of aromatic nitrogens is 2. The third-order valence-electron chi connectivity index (χ3n) is 3.37. The zero-order valence-electron chi connectivity index (χ0n) is 10.8. The zero-order valence-corrected chi connectivity index (χ0v) is 10.8. The van der Waals surface area contributed by atoms with E-state index in [9.17, 15) is 4.79 Å². The maximum Gasteiger partial charge on any atom is 0.235 e. The maximum absolute atomic E-state index is 11.7. The lowest BCUT2D eigenvalue weighted by Crippen LogP contribution is -2.28. The summed E-state index contributed by atoms with van der Waals surface area (Å²) in [5, 5.41) is 2.97. The Morgan fingerprint density at radius 2 is 2.16 bits per heavy atom. The summed E-state index contributed by atoms with van der Waals surface area (Å²) in [6.07, 6.45) is 1.52. The van der Waals surface area contributed by atoms with E-state index in [0.717, 1.165) is 17.9 Å². The van der Waals surface area contributed by atoms with Gasteiger partial charge in [-0.3, -0.25) is 9.69 Å². The molecule has 98 valence electrons. The third-order valence-corrected chi connectivity index (χ3v) is 3.37. The van der Waals surface area contributed by atoms with Gasteiger partial charge in [0.25, 0.3) is 0 Å². The fourth-order valence-electron chi connectivity index (χ4n) is 2.42. The van der Waals surface area contributed by atoms with Gasteiger partial charge in [0, 0.05) is 12.2 Å². The molecule has 2 N–H and O–H groups in total. The van der Waals surface area contributed by atoms with Gasteiger partial charge in [-0.25, -0.2) is 4.98 Å².